The lowest BCUT2D eigenvalue weighted by atomic mass is 9.94. The first kappa shape index (κ1) is 12.0. The number of piperidine rings is 1. The first-order valence-corrected chi connectivity index (χ1v) is 6.55. The van der Waals surface area contributed by atoms with Gasteiger partial charge in [0, 0.05) is 19.1 Å². The Kier molecular flexibility index (Phi) is 4.27. The van der Waals surface area contributed by atoms with Crippen LogP contribution in [0.3, 0.4) is 0 Å². The summed E-state index contributed by atoms with van der Waals surface area (Å²) in [6.45, 7) is 3.17. The van der Waals surface area contributed by atoms with E-state index >= 15 is 0 Å². The monoisotopic (exact) mass is 236 g/mol. The number of rotatable bonds is 3. The van der Waals surface area contributed by atoms with E-state index in [1.165, 1.54) is 12.0 Å². The molecule has 1 aromatic rings. The molecule has 16 heavy (non-hydrogen) atoms. The van der Waals surface area contributed by atoms with Gasteiger partial charge in [0.1, 0.15) is 0 Å². The van der Waals surface area contributed by atoms with Crippen molar-refractivity contribution in [2.45, 2.75) is 19.0 Å². The van der Waals surface area contributed by atoms with Crippen LogP contribution in [0.25, 0.3) is 0 Å². The van der Waals surface area contributed by atoms with Gasteiger partial charge in [-0.1, -0.05) is 30.3 Å². The van der Waals surface area contributed by atoms with Crippen LogP contribution in [0.1, 0.15) is 12.0 Å². The second kappa shape index (κ2) is 5.71. The topological polar surface area (TPSA) is 29.3 Å². The molecular weight excluding hydrogens is 216 g/mol. The maximum Gasteiger partial charge on any atom is 0.0234 e. The van der Waals surface area contributed by atoms with Crippen LogP contribution in [0, 0.1) is 5.92 Å². The lowest BCUT2D eigenvalue weighted by molar-refractivity contribution is 0.164. The fourth-order valence-electron chi connectivity index (χ4n) is 2.31. The molecule has 1 saturated heterocycles. The van der Waals surface area contributed by atoms with Crippen LogP contribution >= 0.6 is 12.6 Å². The van der Waals surface area contributed by atoms with Crippen molar-refractivity contribution in [1.82, 2.24) is 4.90 Å². The van der Waals surface area contributed by atoms with E-state index in [4.69, 9.17) is 5.73 Å². The minimum Gasteiger partial charge on any atom is -0.326 e. The van der Waals surface area contributed by atoms with Crippen LogP contribution in [0.15, 0.2) is 30.3 Å². The quantitative estimate of drug-likeness (QED) is 0.783. The summed E-state index contributed by atoms with van der Waals surface area (Å²) in [5, 5.41) is 0. The molecule has 0 aliphatic carbocycles. The van der Waals surface area contributed by atoms with Crippen molar-refractivity contribution in [1.29, 1.82) is 0 Å². The first-order chi connectivity index (χ1) is 7.79. The van der Waals surface area contributed by atoms with Gasteiger partial charge >= 0.3 is 0 Å². The first-order valence-electron chi connectivity index (χ1n) is 5.92. The Morgan fingerprint density at radius 2 is 2.06 bits per heavy atom. The SMILES string of the molecule is NC1CN(Cc2ccccc2)CCC1CS. The normalized spacial score (nSPS) is 26.9. The summed E-state index contributed by atoms with van der Waals surface area (Å²) in [5.74, 6) is 1.51. The maximum absolute atomic E-state index is 6.14. The largest absolute Gasteiger partial charge is 0.326 e. The van der Waals surface area contributed by atoms with Crippen molar-refractivity contribution in [3.05, 3.63) is 35.9 Å². The van der Waals surface area contributed by atoms with Gasteiger partial charge in [-0.3, -0.25) is 4.90 Å². The molecule has 2 atom stereocenters. The van der Waals surface area contributed by atoms with E-state index < -0.39 is 0 Å². The molecular formula is C13H20N2S. The number of hydrogen-bond acceptors (Lipinski definition) is 3. The molecule has 1 heterocycles. The molecule has 0 bridgehead atoms. The highest BCUT2D eigenvalue weighted by Crippen LogP contribution is 2.19. The van der Waals surface area contributed by atoms with E-state index in [9.17, 15) is 0 Å². The van der Waals surface area contributed by atoms with E-state index in [-0.39, 0.29) is 6.04 Å². The molecule has 2 nitrogen and oxygen atoms in total. The Balaban J connectivity index is 1.89. The number of hydrogen-bond donors (Lipinski definition) is 2. The van der Waals surface area contributed by atoms with Gasteiger partial charge in [-0.2, -0.15) is 12.6 Å². The lowest BCUT2D eigenvalue weighted by Gasteiger charge is -2.36. The van der Waals surface area contributed by atoms with Gasteiger partial charge in [-0.25, -0.2) is 0 Å². The highest BCUT2D eigenvalue weighted by molar-refractivity contribution is 7.80. The van der Waals surface area contributed by atoms with Gasteiger partial charge in [-0.05, 0) is 30.2 Å². The summed E-state index contributed by atoms with van der Waals surface area (Å²) in [4.78, 5) is 2.44. The highest BCUT2D eigenvalue weighted by Gasteiger charge is 2.25. The van der Waals surface area contributed by atoms with E-state index in [1.54, 1.807) is 0 Å². The predicted molar refractivity (Wildman–Crippen MR) is 71.7 cm³/mol. The Morgan fingerprint density at radius 3 is 2.69 bits per heavy atom. The number of likely N-dealkylation sites (tertiary alicyclic amines) is 1. The lowest BCUT2D eigenvalue weighted by Crippen LogP contribution is -2.48. The summed E-state index contributed by atoms with van der Waals surface area (Å²) in [6.07, 6.45) is 1.18. The predicted octanol–water partition coefficient (Wildman–Crippen LogP) is 1.77. The Bertz CT molecular complexity index is 315. The van der Waals surface area contributed by atoms with Gasteiger partial charge in [0.2, 0.25) is 0 Å². The fourth-order valence-corrected chi connectivity index (χ4v) is 2.77. The molecule has 0 spiro atoms. The molecule has 0 aromatic heterocycles. The third-order valence-corrected chi connectivity index (χ3v) is 3.84. The van der Waals surface area contributed by atoms with Gasteiger partial charge in [0.05, 0.1) is 0 Å². The van der Waals surface area contributed by atoms with Crippen LogP contribution in [0.5, 0.6) is 0 Å². The molecule has 2 unspecified atom stereocenters. The molecule has 2 rings (SSSR count). The zero-order valence-corrected chi connectivity index (χ0v) is 10.4. The zero-order valence-electron chi connectivity index (χ0n) is 9.55. The van der Waals surface area contributed by atoms with Crippen LogP contribution in [0.2, 0.25) is 0 Å². The molecule has 88 valence electrons. The molecule has 1 aromatic carbocycles. The molecule has 3 heteroatoms. The van der Waals surface area contributed by atoms with Crippen molar-refractivity contribution in [2.24, 2.45) is 11.7 Å². The maximum atomic E-state index is 6.14. The number of nitrogens with zero attached hydrogens (tertiary/aromatic N) is 1. The van der Waals surface area contributed by atoms with Crippen molar-refractivity contribution < 1.29 is 0 Å². The number of thiol groups is 1. The van der Waals surface area contributed by atoms with E-state index in [2.05, 4.69) is 47.9 Å². The smallest absolute Gasteiger partial charge is 0.0234 e. The number of nitrogens with two attached hydrogens (primary N) is 1. The summed E-state index contributed by atoms with van der Waals surface area (Å²) in [7, 11) is 0. The van der Waals surface area contributed by atoms with Gasteiger partial charge in [0.15, 0.2) is 0 Å². The minimum absolute atomic E-state index is 0.287. The molecule has 1 fully saturated rings. The van der Waals surface area contributed by atoms with Crippen LogP contribution in [-0.2, 0) is 6.54 Å². The standard InChI is InChI=1S/C13H20N2S/c14-13-9-15(7-6-12(13)10-16)8-11-4-2-1-3-5-11/h1-5,12-13,16H,6-10,14H2. The third kappa shape index (κ3) is 3.00. The Morgan fingerprint density at radius 1 is 1.31 bits per heavy atom. The van der Waals surface area contributed by atoms with Crippen molar-refractivity contribution >= 4 is 12.6 Å². The van der Waals surface area contributed by atoms with Gasteiger partial charge < -0.3 is 5.73 Å². The number of benzene rings is 1. The van der Waals surface area contributed by atoms with Crippen molar-refractivity contribution in [3.63, 3.8) is 0 Å². The third-order valence-electron chi connectivity index (χ3n) is 3.37. The average molecular weight is 236 g/mol. The van der Waals surface area contributed by atoms with Crippen molar-refractivity contribution in [2.75, 3.05) is 18.8 Å². The molecule has 0 amide bonds. The molecule has 1 aliphatic heterocycles. The van der Waals surface area contributed by atoms with E-state index in [0.717, 1.165) is 25.4 Å². The second-order valence-electron chi connectivity index (χ2n) is 4.62. The average Bonchev–Trinajstić information content (AvgIpc) is 2.31. The van der Waals surface area contributed by atoms with Crippen molar-refractivity contribution in [3.8, 4) is 0 Å². The van der Waals surface area contributed by atoms with Crippen LogP contribution in [0.4, 0.5) is 0 Å². The summed E-state index contributed by atoms with van der Waals surface area (Å²) >= 11 is 4.35. The molecule has 1 aliphatic rings. The van der Waals surface area contributed by atoms with Gasteiger partial charge in [0.25, 0.3) is 0 Å². The summed E-state index contributed by atoms with van der Waals surface area (Å²) in [6, 6.07) is 10.9. The zero-order chi connectivity index (χ0) is 11.4. The molecule has 2 N–H and O–H groups in total. The highest BCUT2D eigenvalue weighted by atomic mass is 32.1. The van der Waals surface area contributed by atoms with Gasteiger partial charge in [-0.15, -0.1) is 0 Å². The minimum atomic E-state index is 0.287. The second-order valence-corrected chi connectivity index (χ2v) is 4.98. The molecule has 0 radical (unpaired) electrons. The fraction of sp³-hybridized carbons (Fsp3) is 0.538. The summed E-state index contributed by atoms with van der Waals surface area (Å²) < 4.78 is 0. The van der Waals surface area contributed by atoms with Crippen LogP contribution in [-0.4, -0.2) is 29.8 Å². The van der Waals surface area contributed by atoms with E-state index in [0.29, 0.717) is 5.92 Å². The van der Waals surface area contributed by atoms with Crippen LogP contribution < -0.4 is 5.73 Å². The molecule has 0 saturated carbocycles. The Labute approximate surface area is 103 Å². The Hall–Kier alpha value is -0.510. The van der Waals surface area contributed by atoms with E-state index in [1.807, 2.05) is 0 Å². The summed E-state index contributed by atoms with van der Waals surface area (Å²) in [5.41, 5.74) is 7.52.